The number of hydrogen-bond acceptors (Lipinski definition) is 2. The molecule has 3 aromatic rings. The fourth-order valence-corrected chi connectivity index (χ4v) is 2.80. The van der Waals surface area contributed by atoms with Crippen LogP contribution in [0.15, 0.2) is 67.0 Å². The zero-order valence-electron chi connectivity index (χ0n) is 14.1. The van der Waals surface area contributed by atoms with Crippen molar-refractivity contribution in [3.63, 3.8) is 0 Å². The minimum absolute atomic E-state index is 0.220. The molecule has 1 N–H and O–H groups in total. The fraction of sp³-hybridized carbons (Fsp3) is 0.100. The predicted octanol–water partition coefficient (Wildman–Crippen LogP) is 4.65. The summed E-state index contributed by atoms with van der Waals surface area (Å²) >= 11 is 11.9. The molecule has 0 spiro atoms. The summed E-state index contributed by atoms with van der Waals surface area (Å²) in [5.41, 5.74) is 1.79. The number of imidazole rings is 1. The number of nitrogens with one attached hydrogen (secondary N) is 1. The van der Waals surface area contributed by atoms with E-state index in [0.29, 0.717) is 10.0 Å². The Bertz CT molecular complexity index is 915. The van der Waals surface area contributed by atoms with E-state index in [-0.39, 0.29) is 11.9 Å². The van der Waals surface area contributed by atoms with Gasteiger partial charge in [0.05, 0.1) is 0 Å². The molecule has 0 aliphatic heterocycles. The molecule has 0 fully saturated rings. The van der Waals surface area contributed by atoms with Gasteiger partial charge >= 0.3 is 0 Å². The largest absolute Gasteiger partial charge is 0.339 e. The lowest BCUT2D eigenvalue weighted by Gasteiger charge is -2.18. The van der Waals surface area contributed by atoms with Crippen LogP contribution in [0.1, 0.15) is 23.0 Å². The van der Waals surface area contributed by atoms with Gasteiger partial charge in [-0.05, 0) is 41.5 Å². The summed E-state index contributed by atoms with van der Waals surface area (Å²) in [5.74, 6) is 0.517. The van der Waals surface area contributed by atoms with Gasteiger partial charge in [-0.2, -0.15) is 0 Å². The highest BCUT2D eigenvalue weighted by Crippen LogP contribution is 2.22. The van der Waals surface area contributed by atoms with Crippen molar-refractivity contribution in [2.45, 2.75) is 6.04 Å². The summed E-state index contributed by atoms with van der Waals surface area (Å²) in [6.45, 7) is 0. The van der Waals surface area contributed by atoms with Gasteiger partial charge in [-0.15, -0.1) is 0 Å². The topological polar surface area (TPSA) is 46.9 Å². The van der Waals surface area contributed by atoms with Crippen LogP contribution in [-0.2, 0) is 11.8 Å². The Balaban J connectivity index is 1.81. The van der Waals surface area contributed by atoms with Crippen LogP contribution < -0.4 is 5.32 Å². The minimum atomic E-state index is -0.380. The average Bonchev–Trinajstić information content (AvgIpc) is 3.06. The number of hydrogen-bond donors (Lipinski definition) is 1. The SMILES string of the molecule is Cn1ccnc1C(NC(=O)/C=C/c1ccc(Cl)cc1)c1ccc(Cl)cc1. The van der Waals surface area contributed by atoms with Crippen molar-refractivity contribution in [1.82, 2.24) is 14.9 Å². The first-order chi connectivity index (χ1) is 12.5. The van der Waals surface area contributed by atoms with Crippen molar-refractivity contribution >= 4 is 35.2 Å². The fourth-order valence-electron chi connectivity index (χ4n) is 2.54. The van der Waals surface area contributed by atoms with Gasteiger partial charge < -0.3 is 9.88 Å². The highest BCUT2D eigenvalue weighted by molar-refractivity contribution is 6.30. The normalized spacial score (nSPS) is 12.3. The van der Waals surface area contributed by atoms with Gasteiger partial charge in [0, 0.05) is 35.6 Å². The number of aryl methyl sites for hydroxylation is 1. The molecular weight excluding hydrogens is 369 g/mol. The number of carbonyl (C=O) groups excluding carboxylic acids is 1. The molecule has 1 unspecified atom stereocenters. The van der Waals surface area contributed by atoms with Crippen molar-refractivity contribution in [1.29, 1.82) is 0 Å². The molecule has 1 atom stereocenters. The second kappa shape index (κ2) is 8.21. The van der Waals surface area contributed by atoms with Gasteiger partial charge in [0.1, 0.15) is 11.9 Å². The molecule has 4 nitrogen and oxygen atoms in total. The van der Waals surface area contributed by atoms with Crippen LogP contribution in [0.4, 0.5) is 0 Å². The van der Waals surface area contributed by atoms with Crippen LogP contribution in [0.2, 0.25) is 10.0 Å². The Morgan fingerprint density at radius 1 is 1.08 bits per heavy atom. The quantitative estimate of drug-likeness (QED) is 0.649. The first kappa shape index (κ1) is 18.2. The number of carbonyl (C=O) groups is 1. The molecule has 0 saturated heterocycles. The van der Waals surface area contributed by atoms with E-state index in [0.717, 1.165) is 17.0 Å². The highest BCUT2D eigenvalue weighted by Gasteiger charge is 2.19. The van der Waals surface area contributed by atoms with E-state index in [9.17, 15) is 4.79 Å². The smallest absolute Gasteiger partial charge is 0.244 e. The lowest BCUT2D eigenvalue weighted by Crippen LogP contribution is -2.29. The number of nitrogens with zero attached hydrogens (tertiary/aromatic N) is 2. The first-order valence-electron chi connectivity index (χ1n) is 8.00. The summed E-state index contributed by atoms with van der Waals surface area (Å²) in [5, 5.41) is 4.30. The van der Waals surface area contributed by atoms with Crippen molar-refractivity contribution in [2.75, 3.05) is 0 Å². The van der Waals surface area contributed by atoms with Crippen LogP contribution in [0.25, 0.3) is 6.08 Å². The molecule has 0 radical (unpaired) electrons. The monoisotopic (exact) mass is 385 g/mol. The van der Waals surface area contributed by atoms with E-state index in [1.165, 1.54) is 6.08 Å². The Hall–Kier alpha value is -2.56. The van der Waals surface area contributed by atoms with Crippen molar-refractivity contribution in [2.24, 2.45) is 7.05 Å². The van der Waals surface area contributed by atoms with Crippen molar-refractivity contribution in [3.05, 3.63) is 94.0 Å². The average molecular weight is 386 g/mol. The van der Waals surface area contributed by atoms with Crippen LogP contribution in [0.5, 0.6) is 0 Å². The van der Waals surface area contributed by atoms with Gasteiger partial charge in [0.25, 0.3) is 0 Å². The molecule has 1 aromatic heterocycles. The Labute approximate surface area is 162 Å². The maximum Gasteiger partial charge on any atom is 0.244 e. The molecule has 1 heterocycles. The van der Waals surface area contributed by atoms with Crippen molar-refractivity contribution < 1.29 is 4.79 Å². The highest BCUT2D eigenvalue weighted by atomic mass is 35.5. The van der Waals surface area contributed by atoms with E-state index >= 15 is 0 Å². The molecule has 0 saturated carbocycles. The standard InChI is InChI=1S/C20H17Cl2N3O/c1-25-13-12-23-20(25)19(15-5-9-17(22)10-6-15)24-18(26)11-4-14-2-7-16(21)8-3-14/h2-13,19H,1H3,(H,24,26)/b11-4+. The molecule has 2 aromatic carbocycles. The molecule has 132 valence electrons. The second-order valence-corrected chi connectivity index (χ2v) is 6.65. The van der Waals surface area contributed by atoms with Crippen molar-refractivity contribution in [3.8, 4) is 0 Å². The van der Waals surface area contributed by atoms with Gasteiger partial charge in [0.15, 0.2) is 0 Å². The van der Waals surface area contributed by atoms with E-state index in [1.807, 2.05) is 42.1 Å². The molecular formula is C20H17Cl2N3O. The zero-order chi connectivity index (χ0) is 18.5. The predicted molar refractivity (Wildman–Crippen MR) is 105 cm³/mol. The lowest BCUT2D eigenvalue weighted by atomic mass is 10.1. The van der Waals surface area contributed by atoms with Crippen LogP contribution in [-0.4, -0.2) is 15.5 Å². The third kappa shape index (κ3) is 4.54. The first-order valence-corrected chi connectivity index (χ1v) is 8.75. The molecule has 3 rings (SSSR count). The maximum atomic E-state index is 12.5. The van der Waals surface area contributed by atoms with Gasteiger partial charge in [0.2, 0.25) is 5.91 Å². The molecule has 0 bridgehead atoms. The summed E-state index contributed by atoms with van der Waals surface area (Å²) < 4.78 is 1.88. The lowest BCUT2D eigenvalue weighted by molar-refractivity contribution is -0.117. The van der Waals surface area contributed by atoms with E-state index in [4.69, 9.17) is 23.2 Å². The number of amides is 1. The van der Waals surface area contributed by atoms with E-state index < -0.39 is 0 Å². The summed E-state index contributed by atoms with van der Waals surface area (Å²) in [4.78, 5) is 16.8. The Morgan fingerprint density at radius 2 is 1.69 bits per heavy atom. The minimum Gasteiger partial charge on any atom is -0.339 e. The molecule has 6 heteroatoms. The maximum absolute atomic E-state index is 12.5. The summed E-state index contributed by atoms with van der Waals surface area (Å²) in [6.07, 6.45) is 6.78. The molecule has 26 heavy (non-hydrogen) atoms. The Kier molecular flexibility index (Phi) is 5.76. The molecule has 0 aliphatic carbocycles. The Morgan fingerprint density at radius 3 is 2.27 bits per heavy atom. The van der Waals surface area contributed by atoms with Crippen LogP contribution >= 0.6 is 23.2 Å². The zero-order valence-corrected chi connectivity index (χ0v) is 15.6. The summed E-state index contributed by atoms with van der Waals surface area (Å²) in [6, 6.07) is 14.2. The third-order valence-electron chi connectivity index (χ3n) is 3.90. The third-order valence-corrected chi connectivity index (χ3v) is 4.41. The molecule has 0 aliphatic rings. The van der Waals surface area contributed by atoms with E-state index in [1.54, 1.807) is 36.5 Å². The van der Waals surface area contributed by atoms with Crippen LogP contribution in [0.3, 0.4) is 0 Å². The van der Waals surface area contributed by atoms with Gasteiger partial charge in [-0.1, -0.05) is 47.5 Å². The number of rotatable bonds is 5. The summed E-state index contributed by atoms with van der Waals surface area (Å²) in [7, 11) is 1.89. The van der Waals surface area contributed by atoms with Gasteiger partial charge in [-0.25, -0.2) is 4.98 Å². The van der Waals surface area contributed by atoms with E-state index in [2.05, 4.69) is 10.3 Å². The number of benzene rings is 2. The number of halogens is 2. The van der Waals surface area contributed by atoms with Crippen LogP contribution in [0, 0.1) is 0 Å². The molecule has 1 amide bonds. The second-order valence-electron chi connectivity index (χ2n) is 5.77. The number of aromatic nitrogens is 2. The van der Waals surface area contributed by atoms with Gasteiger partial charge in [-0.3, -0.25) is 4.79 Å².